The van der Waals surface area contributed by atoms with E-state index in [1.165, 1.54) is 11.3 Å². The van der Waals surface area contributed by atoms with E-state index in [-0.39, 0.29) is 10.1 Å². The van der Waals surface area contributed by atoms with Crippen LogP contribution in [0.5, 0.6) is 0 Å². The van der Waals surface area contributed by atoms with Gasteiger partial charge >= 0.3 is 0 Å². The first-order chi connectivity index (χ1) is 8.61. The molecule has 2 rings (SSSR count). The van der Waals surface area contributed by atoms with Gasteiger partial charge in [-0.05, 0) is 40.9 Å². The Bertz CT molecular complexity index is 607. The normalized spacial score (nSPS) is 12.1. The Hall–Kier alpha value is -1.50. The third-order valence-electron chi connectivity index (χ3n) is 2.38. The van der Waals surface area contributed by atoms with Crippen molar-refractivity contribution in [2.24, 2.45) is 0 Å². The zero-order chi connectivity index (χ0) is 13.1. The maximum absolute atomic E-state index is 11.5. The van der Waals surface area contributed by atoms with E-state index in [0.29, 0.717) is 5.56 Å². The molecule has 1 heterocycles. The summed E-state index contributed by atoms with van der Waals surface area (Å²) < 4.78 is 21.9. The first kappa shape index (κ1) is 12.9. The standard InChI is InChI=1S/C12H11NO3S2/c1-13-12(14)9-4-2-3-8(7-9)10-5-6-11(17-10)18(15)16/h2-7H,1H3,(H,13,14)(H,15,16)/p-1. The number of carbonyl (C=O) groups excluding carboxylic acids is 1. The van der Waals surface area contributed by atoms with Crippen LogP contribution < -0.4 is 5.32 Å². The third-order valence-corrected chi connectivity index (χ3v) is 4.43. The maximum atomic E-state index is 11.5. The molecule has 1 unspecified atom stereocenters. The molecule has 1 N–H and O–H groups in total. The van der Waals surface area contributed by atoms with Crippen LogP contribution in [-0.4, -0.2) is 21.7 Å². The predicted molar refractivity (Wildman–Crippen MR) is 70.3 cm³/mol. The molecule has 1 aromatic heterocycles. The highest BCUT2D eigenvalue weighted by Crippen LogP contribution is 2.29. The summed E-state index contributed by atoms with van der Waals surface area (Å²) in [5, 5.41) is 2.55. The molecular formula is C12H10NO3S2-. The molecule has 18 heavy (non-hydrogen) atoms. The van der Waals surface area contributed by atoms with Gasteiger partial charge in [0.15, 0.2) is 0 Å². The zero-order valence-electron chi connectivity index (χ0n) is 9.51. The molecule has 0 aliphatic rings. The monoisotopic (exact) mass is 280 g/mol. The Kier molecular flexibility index (Phi) is 3.90. The van der Waals surface area contributed by atoms with E-state index < -0.39 is 11.1 Å². The SMILES string of the molecule is CNC(=O)c1cccc(-c2ccc(S(=O)[O-])s2)c1. The summed E-state index contributed by atoms with van der Waals surface area (Å²) in [7, 11) is 1.57. The highest BCUT2D eigenvalue weighted by atomic mass is 32.2. The molecular weight excluding hydrogens is 270 g/mol. The van der Waals surface area contributed by atoms with Crippen LogP contribution in [0.15, 0.2) is 40.6 Å². The van der Waals surface area contributed by atoms with Crippen LogP contribution in [0.4, 0.5) is 0 Å². The van der Waals surface area contributed by atoms with Gasteiger partial charge in [0.1, 0.15) is 0 Å². The molecule has 0 aliphatic heterocycles. The molecule has 4 nitrogen and oxygen atoms in total. The summed E-state index contributed by atoms with van der Waals surface area (Å²) >= 11 is -1.03. The molecule has 0 saturated heterocycles. The average molecular weight is 280 g/mol. The van der Waals surface area contributed by atoms with Gasteiger partial charge in [-0.25, -0.2) is 0 Å². The number of carbonyl (C=O) groups is 1. The minimum Gasteiger partial charge on any atom is -0.768 e. The molecule has 1 amide bonds. The summed E-state index contributed by atoms with van der Waals surface area (Å²) in [6, 6.07) is 10.3. The quantitative estimate of drug-likeness (QED) is 0.874. The molecule has 6 heteroatoms. The largest absolute Gasteiger partial charge is 0.768 e. The maximum Gasteiger partial charge on any atom is 0.251 e. The van der Waals surface area contributed by atoms with Crippen molar-refractivity contribution in [3.05, 3.63) is 42.0 Å². The third kappa shape index (κ3) is 2.66. The zero-order valence-corrected chi connectivity index (χ0v) is 11.1. The molecule has 94 valence electrons. The van der Waals surface area contributed by atoms with Gasteiger partial charge in [0.2, 0.25) is 0 Å². The molecule has 0 radical (unpaired) electrons. The molecule has 0 bridgehead atoms. The Morgan fingerprint density at radius 2 is 2.11 bits per heavy atom. The van der Waals surface area contributed by atoms with Gasteiger partial charge in [0.25, 0.3) is 5.91 Å². The van der Waals surface area contributed by atoms with Gasteiger partial charge in [0, 0.05) is 17.5 Å². The van der Waals surface area contributed by atoms with Gasteiger partial charge < -0.3 is 9.87 Å². The number of rotatable bonds is 3. The average Bonchev–Trinajstić information content (AvgIpc) is 2.88. The van der Waals surface area contributed by atoms with Crippen LogP contribution in [0.2, 0.25) is 0 Å². The Balaban J connectivity index is 2.38. The van der Waals surface area contributed by atoms with E-state index in [1.807, 2.05) is 6.07 Å². The lowest BCUT2D eigenvalue weighted by Gasteiger charge is -2.03. The number of hydrogen-bond donors (Lipinski definition) is 1. The van der Waals surface area contributed by atoms with E-state index in [4.69, 9.17) is 0 Å². The number of nitrogens with one attached hydrogen (secondary N) is 1. The number of hydrogen-bond acceptors (Lipinski definition) is 4. The minimum atomic E-state index is -2.21. The van der Waals surface area contributed by atoms with Gasteiger partial charge in [-0.1, -0.05) is 12.1 Å². The smallest absolute Gasteiger partial charge is 0.251 e. The van der Waals surface area contributed by atoms with Crippen molar-refractivity contribution >= 4 is 28.3 Å². The summed E-state index contributed by atoms with van der Waals surface area (Å²) in [4.78, 5) is 12.3. The van der Waals surface area contributed by atoms with Crippen LogP contribution in [0.1, 0.15) is 10.4 Å². The predicted octanol–water partition coefficient (Wildman–Crippen LogP) is 2.01. The fourth-order valence-electron chi connectivity index (χ4n) is 1.52. The second kappa shape index (κ2) is 5.43. The second-order valence-electron chi connectivity index (χ2n) is 3.51. The summed E-state index contributed by atoms with van der Waals surface area (Å²) in [5.74, 6) is -0.166. The van der Waals surface area contributed by atoms with Gasteiger partial charge in [0.05, 0.1) is 4.21 Å². The van der Waals surface area contributed by atoms with Crippen molar-refractivity contribution in [2.45, 2.75) is 4.21 Å². The van der Waals surface area contributed by atoms with E-state index in [1.54, 1.807) is 37.4 Å². The topological polar surface area (TPSA) is 69.2 Å². The molecule has 0 spiro atoms. The molecule has 1 atom stereocenters. The van der Waals surface area contributed by atoms with E-state index in [0.717, 1.165) is 10.4 Å². The van der Waals surface area contributed by atoms with Crippen molar-refractivity contribution in [3.8, 4) is 10.4 Å². The second-order valence-corrected chi connectivity index (χ2v) is 5.76. The van der Waals surface area contributed by atoms with E-state index >= 15 is 0 Å². The van der Waals surface area contributed by atoms with Gasteiger partial charge in [-0.2, -0.15) is 0 Å². The lowest BCUT2D eigenvalue weighted by Crippen LogP contribution is -2.17. The Morgan fingerprint density at radius 1 is 1.33 bits per heavy atom. The van der Waals surface area contributed by atoms with Crippen LogP contribution in [-0.2, 0) is 11.1 Å². The first-order valence-corrected chi connectivity index (χ1v) is 7.02. The summed E-state index contributed by atoms with van der Waals surface area (Å²) in [6.07, 6.45) is 0. The van der Waals surface area contributed by atoms with E-state index in [2.05, 4.69) is 5.32 Å². The van der Waals surface area contributed by atoms with Crippen LogP contribution in [0.25, 0.3) is 10.4 Å². The molecule has 0 aliphatic carbocycles. The van der Waals surface area contributed by atoms with Crippen molar-refractivity contribution in [3.63, 3.8) is 0 Å². The fraction of sp³-hybridized carbons (Fsp3) is 0.0833. The molecule has 2 aromatic rings. The van der Waals surface area contributed by atoms with Gasteiger partial charge in [-0.15, -0.1) is 11.3 Å². The van der Waals surface area contributed by atoms with Crippen molar-refractivity contribution in [2.75, 3.05) is 7.05 Å². The van der Waals surface area contributed by atoms with Gasteiger partial charge in [-0.3, -0.25) is 9.00 Å². The number of benzene rings is 1. The summed E-state index contributed by atoms with van der Waals surface area (Å²) in [5.41, 5.74) is 1.38. The van der Waals surface area contributed by atoms with Crippen molar-refractivity contribution in [1.29, 1.82) is 0 Å². The molecule has 0 fully saturated rings. The van der Waals surface area contributed by atoms with E-state index in [9.17, 15) is 13.6 Å². The highest BCUT2D eigenvalue weighted by Gasteiger charge is 2.07. The van der Waals surface area contributed by atoms with Crippen LogP contribution in [0.3, 0.4) is 0 Å². The Labute approximate surface area is 111 Å². The molecule has 0 saturated carbocycles. The Morgan fingerprint density at radius 3 is 2.72 bits per heavy atom. The summed E-state index contributed by atoms with van der Waals surface area (Å²) in [6.45, 7) is 0. The van der Waals surface area contributed by atoms with Crippen LogP contribution in [0, 0.1) is 0 Å². The van der Waals surface area contributed by atoms with Crippen LogP contribution >= 0.6 is 11.3 Å². The molecule has 1 aromatic carbocycles. The van der Waals surface area contributed by atoms with Crippen molar-refractivity contribution < 1.29 is 13.6 Å². The van der Waals surface area contributed by atoms with Crippen molar-refractivity contribution in [1.82, 2.24) is 5.32 Å². The lowest BCUT2D eigenvalue weighted by atomic mass is 10.1. The fourth-order valence-corrected chi connectivity index (χ4v) is 2.98. The number of amides is 1. The highest BCUT2D eigenvalue weighted by molar-refractivity contribution is 7.81. The first-order valence-electron chi connectivity index (χ1n) is 5.13. The number of thiophene rings is 1. The lowest BCUT2D eigenvalue weighted by molar-refractivity contribution is 0.0963. The minimum absolute atomic E-state index is 0.166.